The predicted molar refractivity (Wildman–Crippen MR) is 74.5 cm³/mol. The van der Waals surface area contributed by atoms with E-state index < -0.39 is 0 Å². The molecule has 0 spiro atoms. The van der Waals surface area contributed by atoms with Crippen LogP contribution >= 0.6 is 15.9 Å². The number of anilines is 1. The first kappa shape index (κ1) is 13.0. The van der Waals surface area contributed by atoms with E-state index in [1.165, 1.54) is 0 Å². The number of hydrogen-bond acceptors (Lipinski definition) is 4. The van der Waals surface area contributed by atoms with Crippen LogP contribution in [0.3, 0.4) is 0 Å². The summed E-state index contributed by atoms with van der Waals surface area (Å²) in [6, 6.07) is 1.89. The number of H-pyrrole nitrogens is 1. The molecular formula is C12H16BrN5. The Labute approximate surface area is 115 Å². The summed E-state index contributed by atoms with van der Waals surface area (Å²) < 4.78 is 0.821. The van der Waals surface area contributed by atoms with Crippen LogP contribution < -0.4 is 5.32 Å². The van der Waals surface area contributed by atoms with Gasteiger partial charge in [-0.25, -0.2) is 15.0 Å². The number of halogens is 1. The molecule has 5 nitrogen and oxygen atoms in total. The molecule has 2 aromatic heterocycles. The Morgan fingerprint density at radius 3 is 2.94 bits per heavy atom. The van der Waals surface area contributed by atoms with E-state index in [2.05, 4.69) is 48.1 Å². The summed E-state index contributed by atoms with van der Waals surface area (Å²) in [5.41, 5.74) is 0. The van der Waals surface area contributed by atoms with Crippen molar-refractivity contribution in [2.24, 2.45) is 0 Å². The number of imidazole rings is 1. The summed E-state index contributed by atoms with van der Waals surface area (Å²) in [6.07, 6.45) is 6.37. The zero-order valence-corrected chi connectivity index (χ0v) is 11.9. The fraction of sp³-hybridized carbons (Fsp3) is 0.417. The van der Waals surface area contributed by atoms with Gasteiger partial charge in [-0.05, 0) is 22.4 Å². The zero-order chi connectivity index (χ0) is 12.8. The SMILES string of the molecule is CCCc1nc(Br)cc(NCCc2ncc[nH]2)n1. The van der Waals surface area contributed by atoms with E-state index in [4.69, 9.17) is 0 Å². The molecule has 0 unspecified atom stereocenters. The molecule has 0 saturated carbocycles. The van der Waals surface area contributed by atoms with Crippen LogP contribution in [0.1, 0.15) is 25.0 Å². The lowest BCUT2D eigenvalue weighted by Crippen LogP contribution is -2.09. The highest BCUT2D eigenvalue weighted by atomic mass is 79.9. The van der Waals surface area contributed by atoms with E-state index in [9.17, 15) is 0 Å². The molecule has 0 aliphatic rings. The van der Waals surface area contributed by atoms with Gasteiger partial charge in [0.05, 0.1) is 0 Å². The summed E-state index contributed by atoms with van der Waals surface area (Å²) in [5.74, 6) is 2.70. The van der Waals surface area contributed by atoms with Gasteiger partial charge in [0.2, 0.25) is 0 Å². The van der Waals surface area contributed by atoms with Gasteiger partial charge in [0.25, 0.3) is 0 Å². The van der Waals surface area contributed by atoms with Crippen LogP contribution in [-0.4, -0.2) is 26.5 Å². The Bertz CT molecular complexity index is 483. The largest absolute Gasteiger partial charge is 0.369 e. The van der Waals surface area contributed by atoms with Crippen LogP contribution in [0, 0.1) is 0 Å². The average molecular weight is 310 g/mol. The quantitative estimate of drug-likeness (QED) is 0.805. The van der Waals surface area contributed by atoms with E-state index in [1.54, 1.807) is 6.20 Å². The molecule has 0 aromatic carbocycles. The monoisotopic (exact) mass is 309 g/mol. The highest BCUT2D eigenvalue weighted by molar-refractivity contribution is 9.10. The van der Waals surface area contributed by atoms with Gasteiger partial charge in [0, 0.05) is 37.8 Å². The Hall–Kier alpha value is -1.43. The second kappa shape index (κ2) is 6.49. The molecule has 0 bridgehead atoms. The molecule has 2 N–H and O–H groups in total. The predicted octanol–water partition coefficient (Wildman–Crippen LogP) is 2.57. The van der Waals surface area contributed by atoms with Gasteiger partial charge >= 0.3 is 0 Å². The lowest BCUT2D eigenvalue weighted by molar-refractivity contribution is 0.825. The summed E-state index contributed by atoms with van der Waals surface area (Å²) in [4.78, 5) is 16.0. The van der Waals surface area contributed by atoms with E-state index in [1.807, 2.05) is 12.3 Å². The lowest BCUT2D eigenvalue weighted by Gasteiger charge is -2.06. The second-order valence-electron chi connectivity index (χ2n) is 3.95. The summed E-state index contributed by atoms with van der Waals surface area (Å²) in [6.45, 7) is 2.91. The van der Waals surface area contributed by atoms with Crippen molar-refractivity contribution >= 4 is 21.7 Å². The van der Waals surface area contributed by atoms with E-state index in [-0.39, 0.29) is 0 Å². The van der Waals surface area contributed by atoms with E-state index >= 15 is 0 Å². The van der Waals surface area contributed by atoms with Crippen molar-refractivity contribution in [3.05, 3.63) is 34.7 Å². The van der Waals surface area contributed by atoms with Gasteiger partial charge in [-0.15, -0.1) is 0 Å². The molecule has 0 radical (unpaired) electrons. The third-order valence-electron chi connectivity index (χ3n) is 2.44. The molecule has 0 saturated heterocycles. The number of hydrogen-bond donors (Lipinski definition) is 2. The molecule has 18 heavy (non-hydrogen) atoms. The number of aryl methyl sites for hydroxylation is 1. The highest BCUT2D eigenvalue weighted by Gasteiger charge is 2.02. The van der Waals surface area contributed by atoms with Gasteiger partial charge in [-0.3, -0.25) is 0 Å². The molecule has 0 atom stereocenters. The molecule has 0 fully saturated rings. The maximum absolute atomic E-state index is 4.46. The van der Waals surface area contributed by atoms with E-state index in [0.29, 0.717) is 0 Å². The standard InChI is InChI=1S/C12H16BrN5/c1-2-3-11-17-9(13)8-12(18-11)14-5-4-10-15-6-7-16-10/h6-8H,2-5H2,1H3,(H,15,16)(H,14,17,18). The first-order valence-electron chi connectivity index (χ1n) is 6.03. The lowest BCUT2D eigenvalue weighted by atomic mass is 10.3. The Morgan fingerprint density at radius 2 is 2.22 bits per heavy atom. The fourth-order valence-electron chi connectivity index (χ4n) is 1.63. The molecule has 0 amide bonds. The molecule has 2 aromatic rings. The van der Waals surface area contributed by atoms with Crippen molar-refractivity contribution < 1.29 is 0 Å². The average Bonchev–Trinajstić information content (AvgIpc) is 2.82. The number of nitrogens with zero attached hydrogens (tertiary/aromatic N) is 3. The zero-order valence-electron chi connectivity index (χ0n) is 10.3. The number of nitrogens with one attached hydrogen (secondary N) is 2. The van der Waals surface area contributed by atoms with Crippen molar-refractivity contribution in [2.45, 2.75) is 26.2 Å². The normalized spacial score (nSPS) is 10.6. The summed E-state index contributed by atoms with van der Waals surface area (Å²) in [5, 5.41) is 3.28. The Morgan fingerprint density at radius 1 is 1.33 bits per heavy atom. The fourth-order valence-corrected chi connectivity index (χ4v) is 2.06. The van der Waals surface area contributed by atoms with Gasteiger partial charge in [-0.1, -0.05) is 6.92 Å². The molecule has 2 rings (SSSR count). The van der Waals surface area contributed by atoms with Crippen LogP contribution in [0.5, 0.6) is 0 Å². The molecule has 0 aliphatic carbocycles. The number of rotatable bonds is 6. The topological polar surface area (TPSA) is 66.5 Å². The minimum atomic E-state index is 0.794. The molecule has 6 heteroatoms. The van der Waals surface area contributed by atoms with Crippen LogP contribution in [0.15, 0.2) is 23.1 Å². The Balaban J connectivity index is 1.92. The van der Waals surface area contributed by atoms with E-state index in [0.717, 1.165) is 47.9 Å². The summed E-state index contributed by atoms with van der Waals surface area (Å²) >= 11 is 3.40. The first-order chi connectivity index (χ1) is 8.78. The number of aromatic nitrogens is 4. The van der Waals surface area contributed by atoms with Crippen molar-refractivity contribution in [1.29, 1.82) is 0 Å². The molecule has 2 heterocycles. The van der Waals surface area contributed by atoms with Crippen molar-refractivity contribution in [3.63, 3.8) is 0 Å². The molecular weight excluding hydrogens is 294 g/mol. The Kier molecular flexibility index (Phi) is 4.69. The third-order valence-corrected chi connectivity index (χ3v) is 2.84. The van der Waals surface area contributed by atoms with Gasteiger partial charge in [-0.2, -0.15) is 0 Å². The van der Waals surface area contributed by atoms with Crippen molar-refractivity contribution in [1.82, 2.24) is 19.9 Å². The van der Waals surface area contributed by atoms with Gasteiger partial charge < -0.3 is 10.3 Å². The summed E-state index contributed by atoms with van der Waals surface area (Å²) in [7, 11) is 0. The van der Waals surface area contributed by atoms with Crippen LogP contribution in [0.2, 0.25) is 0 Å². The first-order valence-corrected chi connectivity index (χ1v) is 6.83. The maximum Gasteiger partial charge on any atom is 0.132 e. The smallest absolute Gasteiger partial charge is 0.132 e. The van der Waals surface area contributed by atoms with Crippen LogP contribution in [0.4, 0.5) is 5.82 Å². The maximum atomic E-state index is 4.46. The third kappa shape index (κ3) is 3.80. The second-order valence-corrected chi connectivity index (χ2v) is 4.77. The van der Waals surface area contributed by atoms with Crippen LogP contribution in [-0.2, 0) is 12.8 Å². The van der Waals surface area contributed by atoms with Gasteiger partial charge in [0.15, 0.2) is 0 Å². The number of aromatic amines is 1. The highest BCUT2D eigenvalue weighted by Crippen LogP contribution is 2.13. The van der Waals surface area contributed by atoms with Crippen molar-refractivity contribution in [2.75, 3.05) is 11.9 Å². The van der Waals surface area contributed by atoms with Crippen LogP contribution in [0.25, 0.3) is 0 Å². The molecule has 0 aliphatic heterocycles. The minimum absolute atomic E-state index is 0.794. The molecule has 96 valence electrons. The van der Waals surface area contributed by atoms with Crippen molar-refractivity contribution in [3.8, 4) is 0 Å². The van der Waals surface area contributed by atoms with Gasteiger partial charge in [0.1, 0.15) is 22.1 Å². The minimum Gasteiger partial charge on any atom is -0.369 e.